The lowest BCUT2D eigenvalue weighted by Crippen LogP contribution is -2.38. The summed E-state index contributed by atoms with van der Waals surface area (Å²) in [5.41, 5.74) is 9.39. The lowest BCUT2D eigenvalue weighted by atomic mass is 10.0. The third-order valence-electron chi connectivity index (χ3n) is 6.90. The number of anilines is 1. The summed E-state index contributed by atoms with van der Waals surface area (Å²) in [6.07, 6.45) is 2.93. The Balaban J connectivity index is 1.45. The van der Waals surface area contributed by atoms with E-state index in [0.717, 1.165) is 57.7 Å². The standard InChI is InChI=1S/C26H31N7O4/c27-24(34)20-13-21(18-6-4-17(5-7-18)14-32-9-11-37-12-10-32)31-23-22(20)28-16-29-25(23)30-19-3-1-2-8-33(15-19)26(35)36/h4-7,13,16,19H,1-3,8-12,14-15H2,(H2,27,34)(H,35,36)(H,28,29,30). The summed E-state index contributed by atoms with van der Waals surface area (Å²) in [6, 6.07) is 9.62. The second-order valence-electron chi connectivity index (χ2n) is 9.49. The van der Waals surface area contributed by atoms with E-state index in [1.165, 1.54) is 16.8 Å². The average molecular weight is 506 g/mol. The Labute approximate surface area is 214 Å². The highest BCUT2D eigenvalue weighted by Gasteiger charge is 2.23. The van der Waals surface area contributed by atoms with Crippen molar-refractivity contribution in [2.75, 3.05) is 44.7 Å². The first-order valence-corrected chi connectivity index (χ1v) is 12.6. The number of carbonyl (C=O) groups excluding carboxylic acids is 1. The van der Waals surface area contributed by atoms with Crippen molar-refractivity contribution in [3.05, 3.63) is 47.8 Å². The summed E-state index contributed by atoms with van der Waals surface area (Å²) >= 11 is 0. The van der Waals surface area contributed by atoms with Gasteiger partial charge in [0.1, 0.15) is 17.4 Å². The second kappa shape index (κ2) is 11.1. The minimum Gasteiger partial charge on any atom is -0.465 e. The molecule has 2 amide bonds. The lowest BCUT2D eigenvalue weighted by Gasteiger charge is -2.26. The number of pyridine rings is 1. The molecule has 2 fully saturated rings. The third-order valence-corrected chi connectivity index (χ3v) is 6.90. The second-order valence-corrected chi connectivity index (χ2v) is 9.49. The van der Waals surface area contributed by atoms with E-state index in [9.17, 15) is 14.7 Å². The third kappa shape index (κ3) is 5.78. The van der Waals surface area contributed by atoms with Gasteiger partial charge in [-0.3, -0.25) is 9.69 Å². The number of primary amides is 1. The molecule has 4 N–H and O–H groups in total. The van der Waals surface area contributed by atoms with Gasteiger partial charge < -0.3 is 25.8 Å². The fourth-order valence-corrected chi connectivity index (χ4v) is 4.91. The monoisotopic (exact) mass is 505 g/mol. The molecule has 194 valence electrons. The molecule has 2 aromatic heterocycles. The van der Waals surface area contributed by atoms with Crippen LogP contribution in [-0.4, -0.2) is 87.3 Å². The van der Waals surface area contributed by atoms with E-state index < -0.39 is 12.0 Å². The molecule has 0 bridgehead atoms. The molecule has 0 radical (unpaired) electrons. The molecule has 0 aliphatic carbocycles. The summed E-state index contributed by atoms with van der Waals surface area (Å²) in [4.78, 5) is 41.2. The molecule has 11 heteroatoms. The van der Waals surface area contributed by atoms with E-state index in [0.29, 0.717) is 35.6 Å². The van der Waals surface area contributed by atoms with Gasteiger partial charge in [0, 0.05) is 44.3 Å². The number of hydrogen-bond acceptors (Lipinski definition) is 8. The van der Waals surface area contributed by atoms with Gasteiger partial charge >= 0.3 is 6.09 Å². The van der Waals surface area contributed by atoms with E-state index >= 15 is 0 Å². The predicted octanol–water partition coefficient (Wildman–Crippen LogP) is 2.57. The van der Waals surface area contributed by atoms with Gasteiger partial charge in [-0.05, 0) is 30.9 Å². The van der Waals surface area contributed by atoms with Crippen LogP contribution in [-0.2, 0) is 11.3 Å². The van der Waals surface area contributed by atoms with Crippen LogP contribution in [0.1, 0.15) is 35.2 Å². The number of aromatic nitrogens is 3. The lowest BCUT2D eigenvalue weighted by molar-refractivity contribution is 0.0342. The topological polar surface area (TPSA) is 147 Å². The molecule has 0 spiro atoms. The Bertz CT molecular complexity index is 1280. The number of fused-ring (bicyclic) bond motifs is 1. The van der Waals surface area contributed by atoms with Crippen molar-refractivity contribution in [1.82, 2.24) is 24.8 Å². The Hall–Kier alpha value is -3.83. The molecule has 2 aliphatic heterocycles. The number of carbonyl (C=O) groups is 2. The Morgan fingerprint density at radius 3 is 2.59 bits per heavy atom. The molecule has 1 unspecified atom stereocenters. The number of amides is 2. The molecular formula is C26H31N7O4. The quantitative estimate of drug-likeness (QED) is 0.460. The normalized spacial score (nSPS) is 18.9. The average Bonchev–Trinajstić information content (AvgIpc) is 3.15. The van der Waals surface area contributed by atoms with Crippen LogP contribution in [0.2, 0.25) is 0 Å². The number of nitrogens with one attached hydrogen (secondary N) is 1. The van der Waals surface area contributed by atoms with Crippen LogP contribution in [0.3, 0.4) is 0 Å². The highest BCUT2D eigenvalue weighted by atomic mass is 16.5. The maximum atomic E-state index is 12.4. The summed E-state index contributed by atoms with van der Waals surface area (Å²) < 4.78 is 5.43. The zero-order valence-corrected chi connectivity index (χ0v) is 20.6. The number of likely N-dealkylation sites (tertiary alicyclic amines) is 1. The highest BCUT2D eigenvalue weighted by molar-refractivity contribution is 6.06. The molecule has 3 aromatic rings. The first-order valence-electron chi connectivity index (χ1n) is 12.6. The number of morpholine rings is 1. The predicted molar refractivity (Wildman–Crippen MR) is 138 cm³/mol. The Kier molecular flexibility index (Phi) is 7.42. The van der Waals surface area contributed by atoms with Crippen LogP contribution >= 0.6 is 0 Å². The van der Waals surface area contributed by atoms with E-state index in [1.807, 2.05) is 12.1 Å². The van der Waals surface area contributed by atoms with Gasteiger partial charge in [-0.1, -0.05) is 24.3 Å². The molecule has 4 heterocycles. The van der Waals surface area contributed by atoms with Crippen molar-refractivity contribution in [2.45, 2.75) is 31.8 Å². The molecule has 5 rings (SSSR count). The number of hydrogen-bond donors (Lipinski definition) is 3. The first-order chi connectivity index (χ1) is 18.0. The zero-order chi connectivity index (χ0) is 25.8. The number of nitrogens with zero attached hydrogens (tertiary/aromatic N) is 5. The molecule has 1 atom stereocenters. The van der Waals surface area contributed by atoms with Crippen LogP contribution in [0, 0.1) is 0 Å². The molecule has 2 aliphatic rings. The largest absolute Gasteiger partial charge is 0.465 e. The fraction of sp³-hybridized carbons (Fsp3) is 0.423. The maximum Gasteiger partial charge on any atom is 0.407 e. The minimum absolute atomic E-state index is 0.140. The molecule has 0 saturated carbocycles. The Morgan fingerprint density at radius 1 is 1.08 bits per heavy atom. The molecule has 2 saturated heterocycles. The number of ether oxygens (including phenoxy) is 1. The maximum absolute atomic E-state index is 12.4. The van der Waals surface area contributed by atoms with Gasteiger partial charge in [-0.2, -0.15) is 0 Å². The number of rotatable bonds is 6. The Morgan fingerprint density at radius 2 is 1.86 bits per heavy atom. The number of nitrogens with two attached hydrogens (primary N) is 1. The van der Waals surface area contributed by atoms with Crippen molar-refractivity contribution < 1.29 is 19.4 Å². The number of benzene rings is 1. The van der Waals surface area contributed by atoms with Crippen molar-refractivity contribution in [1.29, 1.82) is 0 Å². The summed E-state index contributed by atoms with van der Waals surface area (Å²) in [5.74, 6) is -0.149. The fourth-order valence-electron chi connectivity index (χ4n) is 4.91. The van der Waals surface area contributed by atoms with E-state index in [4.69, 9.17) is 15.5 Å². The van der Waals surface area contributed by atoms with Crippen molar-refractivity contribution >= 4 is 28.9 Å². The first kappa shape index (κ1) is 24.8. The molecular weight excluding hydrogens is 474 g/mol. The van der Waals surface area contributed by atoms with Gasteiger partial charge in [-0.25, -0.2) is 19.7 Å². The van der Waals surface area contributed by atoms with Gasteiger partial charge in [0.05, 0.1) is 24.5 Å². The number of carboxylic acid groups (broad SMARTS) is 1. The SMILES string of the molecule is NC(=O)c1cc(-c2ccc(CN3CCOCC3)cc2)nc2c(NC3CCCCN(C(=O)O)C3)ncnc12. The van der Waals surface area contributed by atoms with Crippen molar-refractivity contribution in [2.24, 2.45) is 5.73 Å². The molecule has 37 heavy (non-hydrogen) atoms. The summed E-state index contributed by atoms with van der Waals surface area (Å²) in [7, 11) is 0. The van der Waals surface area contributed by atoms with Crippen LogP contribution < -0.4 is 11.1 Å². The van der Waals surface area contributed by atoms with E-state index in [2.05, 4.69) is 32.3 Å². The van der Waals surface area contributed by atoms with E-state index in [-0.39, 0.29) is 11.6 Å². The summed E-state index contributed by atoms with van der Waals surface area (Å²) in [5, 5.41) is 12.9. The van der Waals surface area contributed by atoms with Gasteiger partial charge in [0.2, 0.25) is 0 Å². The van der Waals surface area contributed by atoms with Gasteiger partial charge in [0.15, 0.2) is 5.82 Å². The highest BCUT2D eigenvalue weighted by Crippen LogP contribution is 2.28. The minimum atomic E-state index is -0.935. The van der Waals surface area contributed by atoms with Crippen LogP contribution in [0.25, 0.3) is 22.3 Å². The van der Waals surface area contributed by atoms with Gasteiger partial charge in [0.25, 0.3) is 5.91 Å². The van der Waals surface area contributed by atoms with Crippen molar-refractivity contribution in [3.8, 4) is 11.3 Å². The molecule has 11 nitrogen and oxygen atoms in total. The van der Waals surface area contributed by atoms with Gasteiger partial charge in [-0.15, -0.1) is 0 Å². The van der Waals surface area contributed by atoms with Crippen LogP contribution in [0.4, 0.5) is 10.6 Å². The van der Waals surface area contributed by atoms with Crippen LogP contribution in [0.5, 0.6) is 0 Å². The zero-order valence-electron chi connectivity index (χ0n) is 20.6. The smallest absolute Gasteiger partial charge is 0.407 e. The summed E-state index contributed by atoms with van der Waals surface area (Å²) in [6.45, 7) is 5.03. The van der Waals surface area contributed by atoms with Crippen LogP contribution in [0.15, 0.2) is 36.7 Å². The van der Waals surface area contributed by atoms with Crippen molar-refractivity contribution in [3.63, 3.8) is 0 Å². The van der Waals surface area contributed by atoms with E-state index in [1.54, 1.807) is 6.07 Å². The molecule has 1 aromatic carbocycles.